The van der Waals surface area contributed by atoms with Gasteiger partial charge in [0.2, 0.25) is 0 Å². The normalized spacial score (nSPS) is 38.7. The molecule has 0 saturated carbocycles. The van der Waals surface area contributed by atoms with Crippen LogP contribution in [0.2, 0.25) is 0 Å². The van der Waals surface area contributed by atoms with Crippen molar-refractivity contribution in [3.05, 3.63) is 12.2 Å². The molecule has 1 aliphatic rings. The Balaban J connectivity index is 0.000000673. The monoisotopic (exact) mass is 228 g/mol. The molecule has 4 nitrogen and oxygen atoms in total. The van der Waals surface area contributed by atoms with Crippen LogP contribution < -0.4 is 0 Å². The molecule has 92 valence electrons. The van der Waals surface area contributed by atoms with Gasteiger partial charge in [0.05, 0.1) is 18.3 Å². The maximum atomic E-state index is 9.90. The smallest absolute Gasteiger partial charge is 0.373 e. The van der Waals surface area contributed by atoms with Crippen LogP contribution in [0.1, 0.15) is 27.7 Å². The van der Waals surface area contributed by atoms with Gasteiger partial charge in [-0.3, -0.25) is 0 Å². The second-order valence-corrected chi connectivity index (χ2v) is 4.12. The summed E-state index contributed by atoms with van der Waals surface area (Å²) in [6.45, 7) is 8.08. The van der Waals surface area contributed by atoms with Crippen molar-refractivity contribution >= 4 is 6.15 Å². The Labute approximate surface area is 96.3 Å². The SMILES string of the molecule is C/C=C/[C@H]1O[C@@H](C)[C@@H](C)[C@@H](O)[C@H]1C.O=C=O. The van der Waals surface area contributed by atoms with E-state index in [1.54, 1.807) is 0 Å². The number of rotatable bonds is 1. The maximum absolute atomic E-state index is 9.90. The van der Waals surface area contributed by atoms with Crippen molar-refractivity contribution in [3.8, 4) is 0 Å². The lowest BCUT2D eigenvalue weighted by molar-refractivity contribution is -0.191. The van der Waals surface area contributed by atoms with Gasteiger partial charge in [-0.05, 0) is 13.8 Å². The van der Waals surface area contributed by atoms with Gasteiger partial charge in [0, 0.05) is 11.8 Å². The van der Waals surface area contributed by atoms with E-state index in [2.05, 4.69) is 0 Å². The van der Waals surface area contributed by atoms with E-state index in [0.29, 0.717) is 0 Å². The van der Waals surface area contributed by atoms with E-state index in [0.717, 1.165) is 0 Å². The first-order valence-electron chi connectivity index (χ1n) is 5.45. The highest BCUT2D eigenvalue weighted by Crippen LogP contribution is 2.30. The summed E-state index contributed by atoms with van der Waals surface area (Å²) < 4.78 is 5.77. The first kappa shape index (κ1) is 15.0. The van der Waals surface area contributed by atoms with Crippen LogP contribution >= 0.6 is 0 Å². The van der Waals surface area contributed by atoms with Crippen LogP contribution in [0.15, 0.2) is 12.2 Å². The van der Waals surface area contributed by atoms with Gasteiger partial charge in [-0.1, -0.05) is 26.0 Å². The molecule has 0 radical (unpaired) electrons. The third kappa shape index (κ3) is 3.89. The summed E-state index contributed by atoms with van der Waals surface area (Å²) in [5.74, 6) is 0.430. The predicted octanol–water partition coefficient (Wildman–Crippen LogP) is 1.40. The highest BCUT2D eigenvalue weighted by Gasteiger charge is 2.36. The molecule has 0 aliphatic carbocycles. The minimum atomic E-state index is -0.245. The summed E-state index contributed by atoms with van der Waals surface area (Å²) in [6, 6.07) is 0. The van der Waals surface area contributed by atoms with Gasteiger partial charge < -0.3 is 9.84 Å². The van der Waals surface area contributed by atoms with E-state index in [9.17, 15) is 5.11 Å². The van der Waals surface area contributed by atoms with Crippen LogP contribution in [-0.2, 0) is 14.3 Å². The van der Waals surface area contributed by atoms with E-state index in [-0.39, 0.29) is 36.3 Å². The lowest BCUT2D eigenvalue weighted by Gasteiger charge is -2.40. The summed E-state index contributed by atoms with van der Waals surface area (Å²) in [5, 5.41) is 9.90. The molecule has 0 aromatic rings. The number of aliphatic hydroxyl groups excluding tert-OH is 1. The minimum Gasteiger partial charge on any atom is -0.392 e. The lowest BCUT2D eigenvalue weighted by Crippen LogP contribution is -2.47. The second kappa shape index (κ2) is 7.34. The first-order chi connectivity index (χ1) is 7.49. The van der Waals surface area contributed by atoms with Crippen molar-refractivity contribution < 1.29 is 19.4 Å². The van der Waals surface area contributed by atoms with E-state index in [1.165, 1.54) is 0 Å². The predicted molar refractivity (Wildman–Crippen MR) is 58.5 cm³/mol. The molecule has 1 N–H and O–H groups in total. The van der Waals surface area contributed by atoms with E-state index in [1.807, 2.05) is 39.8 Å². The molecule has 0 aromatic carbocycles. The summed E-state index contributed by atoms with van der Waals surface area (Å²) in [6.07, 6.45) is 4.23. The minimum absolute atomic E-state index is 0.0752. The maximum Gasteiger partial charge on any atom is 0.373 e. The molecule has 16 heavy (non-hydrogen) atoms. The molecule has 0 unspecified atom stereocenters. The molecule has 0 bridgehead atoms. The van der Waals surface area contributed by atoms with Gasteiger partial charge in [-0.15, -0.1) is 0 Å². The molecule has 1 rings (SSSR count). The van der Waals surface area contributed by atoms with Gasteiger partial charge in [0.25, 0.3) is 0 Å². The third-order valence-corrected chi connectivity index (χ3v) is 3.09. The zero-order valence-corrected chi connectivity index (χ0v) is 10.2. The Morgan fingerprint density at radius 3 is 2.12 bits per heavy atom. The zero-order chi connectivity index (χ0) is 12.7. The average molecular weight is 228 g/mol. The van der Waals surface area contributed by atoms with Crippen molar-refractivity contribution in [1.82, 2.24) is 0 Å². The highest BCUT2D eigenvalue weighted by molar-refractivity contribution is 5.20. The Morgan fingerprint density at radius 1 is 1.19 bits per heavy atom. The second-order valence-electron chi connectivity index (χ2n) is 4.12. The average Bonchev–Trinajstić information content (AvgIpc) is 2.24. The molecule has 1 heterocycles. The Hall–Kier alpha value is -0.960. The van der Waals surface area contributed by atoms with Gasteiger partial charge in [0.15, 0.2) is 0 Å². The van der Waals surface area contributed by atoms with Crippen molar-refractivity contribution in [2.24, 2.45) is 11.8 Å². The van der Waals surface area contributed by atoms with Crippen LogP contribution in [0.4, 0.5) is 0 Å². The highest BCUT2D eigenvalue weighted by atomic mass is 16.5. The molecule has 0 amide bonds. The molecular formula is C12H20O4. The van der Waals surface area contributed by atoms with E-state index in [4.69, 9.17) is 14.3 Å². The van der Waals surface area contributed by atoms with Crippen molar-refractivity contribution in [2.75, 3.05) is 0 Å². The first-order valence-corrected chi connectivity index (χ1v) is 5.45. The third-order valence-electron chi connectivity index (χ3n) is 3.09. The molecule has 0 aromatic heterocycles. The standard InChI is InChI=1S/C11H20O2.CO2/c1-5-6-10-8(3)11(12)7(2)9(4)13-10;2-1-3/h5-12H,1-4H3;/b6-5+;/t7-,8+,9+,10-,11-;/m1./s1. The summed E-state index contributed by atoms with van der Waals surface area (Å²) >= 11 is 0. The zero-order valence-electron chi connectivity index (χ0n) is 10.2. The van der Waals surface area contributed by atoms with Crippen molar-refractivity contribution in [1.29, 1.82) is 0 Å². The lowest BCUT2D eigenvalue weighted by atomic mass is 9.83. The van der Waals surface area contributed by atoms with Gasteiger partial charge in [0.1, 0.15) is 0 Å². The fourth-order valence-corrected chi connectivity index (χ4v) is 1.86. The number of allylic oxidation sites excluding steroid dienone is 1. The van der Waals surface area contributed by atoms with Gasteiger partial charge in [-0.2, -0.15) is 9.59 Å². The molecular weight excluding hydrogens is 208 g/mol. The molecule has 5 atom stereocenters. The molecule has 0 spiro atoms. The number of hydrogen-bond acceptors (Lipinski definition) is 4. The topological polar surface area (TPSA) is 63.6 Å². The quantitative estimate of drug-likeness (QED) is 0.689. The van der Waals surface area contributed by atoms with Crippen molar-refractivity contribution in [3.63, 3.8) is 0 Å². The number of aliphatic hydroxyl groups is 1. The summed E-state index contributed by atoms with van der Waals surface area (Å²) in [5.41, 5.74) is 0. The van der Waals surface area contributed by atoms with Crippen molar-refractivity contribution in [2.45, 2.75) is 46.0 Å². The number of hydrogen-bond donors (Lipinski definition) is 1. The summed E-state index contributed by atoms with van der Waals surface area (Å²) in [7, 11) is 0. The Kier molecular flexibility index (Phi) is 6.90. The van der Waals surface area contributed by atoms with Crippen LogP contribution in [-0.4, -0.2) is 29.6 Å². The van der Waals surface area contributed by atoms with Crippen LogP contribution in [0.25, 0.3) is 0 Å². The van der Waals surface area contributed by atoms with E-state index < -0.39 is 0 Å². The number of carbonyl (C=O) groups excluding carboxylic acids is 2. The fourth-order valence-electron chi connectivity index (χ4n) is 1.86. The molecule has 1 fully saturated rings. The van der Waals surface area contributed by atoms with Crippen LogP contribution in [0.3, 0.4) is 0 Å². The van der Waals surface area contributed by atoms with Crippen LogP contribution in [0, 0.1) is 11.8 Å². The summed E-state index contributed by atoms with van der Waals surface area (Å²) in [4.78, 5) is 16.2. The molecule has 1 aliphatic heterocycles. The molecule has 1 saturated heterocycles. The Bertz CT molecular complexity index is 256. The van der Waals surface area contributed by atoms with Gasteiger partial charge in [-0.25, -0.2) is 0 Å². The number of ether oxygens (including phenoxy) is 1. The fraction of sp³-hybridized carbons (Fsp3) is 0.750. The van der Waals surface area contributed by atoms with Gasteiger partial charge >= 0.3 is 6.15 Å². The largest absolute Gasteiger partial charge is 0.392 e. The van der Waals surface area contributed by atoms with E-state index >= 15 is 0 Å². The Morgan fingerprint density at radius 2 is 1.69 bits per heavy atom. The molecule has 4 heteroatoms. The van der Waals surface area contributed by atoms with Crippen LogP contribution in [0.5, 0.6) is 0 Å².